The Morgan fingerprint density at radius 2 is 1.75 bits per heavy atom. The monoisotopic (exact) mass is 412 g/mol. The number of carbonyl (C=O) groups is 1. The van der Waals surface area contributed by atoms with E-state index >= 15 is 0 Å². The molecule has 2 N–H and O–H groups in total. The Labute approximate surface area is 174 Å². The van der Waals surface area contributed by atoms with Crippen molar-refractivity contribution in [3.8, 4) is 0 Å². The highest BCUT2D eigenvalue weighted by atomic mass is 35.5. The fourth-order valence-corrected chi connectivity index (χ4v) is 6.74. The number of fused-ring (bicyclic) bond motifs is 1. The molecular weight excluding hydrogens is 376 g/mol. The first-order valence-electron chi connectivity index (χ1n) is 10.6. The molecule has 0 aromatic carbocycles. The average Bonchev–Trinajstić information content (AvgIpc) is 2.57. The van der Waals surface area contributed by atoms with Crippen molar-refractivity contribution in [1.29, 1.82) is 0 Å². The van der Waals surface area contributed by atoms with Crippen molar-refractivity contribution in [3.63, 3.8) is 0 Å². The predicted octanol–water partition coefficient (Wildman–Crippen LogP) is 3.70. The Kier molecular flexibility index (Phi) is 5.70. The van der Waals surface area contributed by atoms with Gasteiger partial charge in [0, 0.05) is 5.54 Å². The summed E-state index contributed by atoms with van der Waals surface area (Å²) in [6.45, 7) is 14.2. The SMILES string of the molecule is C=N[C@@H]1[C@@H]2[C@@H]([C@@]3(C)CC[C@@H](Cl)C(C)(C)O3)CC[C@](C)(NC=O)[C@H]2CC[C@@]1(C)O. The molecule has 3 aliphatic rings. The van der Waals surface area contributed by atoms with Crippen molar-refractivity contribution in [2.24, 2.45) is 22.7 Å². The number of amides is 1. The van der Waals surface area contributed by atoms with Crippen LogP contribution in [0.4, 0.5) is 0 Å². The lowest BCUT2D eigenvalue weighted by molar-refractivity contribution is -0.221. The van der Waals surface area contributed by atoms with Crippen molar-refractivity contribution in [2.75, 3.05) is 0 Å². The zero-order chi connectivity index (χ0) is 21.0. The molecule has 1 aliphatic heterocycles. The summed E-state index contributed by atoms with van der Waals surface area (Å²) in [6.07, 6.45) is 5.95. The number of ether oxygens (including phenoxy) is 1. The molecule has 6 heteroatoms. The van der Waals surface area contributed by atoms with Gasteiger partial charge in [-0.3, -0.25) is 9.79 Å². The molecule has 28 heavy (non-hydrogen) atoms. The van der Waals surface area contributed by atoms with E-state index in [9.17, 15) is 9.90 Å². The van der Waals surface area contributed by atoms with E-state index in [0.29, 0.717) is 6.42 Å². The van der Waals surface area contributed by atoms with Crippen molar-refractivity contribution in [3.05, 3.63) is 0 Å². The Balaban J connectivity index is 2.02. The summed E-state index contributed by atoms with van der Waals surface area (Å²) in [5, 5.41) is 14.2. The highest BCUT2D eigenvalue weighted by Gasteiger charge is 2.61. The Morgan fingerprint density at radius 1 is 1.11 bits per heavy atom. The first kappa shape index (κ1) is 22.0. The van der Waals surface area contributed by atoms with Crippen LogP contribution >= 0.6 is 11.6 Å². The number of aliphatic imine (C=N–C) groups is 1. The summed E-state index contributed by atoms with van der Waals surface area (Å²) in [5.74, 6) is 0.550. The minimum Gasteiger partial charge on any atom is -0.388 e. The van der Waals surface area contributed by atoms with Gasteiger partial charge in [0.05, 0.1) is 28.2 Å². The number of hydrogen-bond donors (Lipinski definition) is 2. The van der Waals surface area contributed by atoms with Crippen LogP contribution in [0.5, 0.6) is 0 Å². The molecule has 2 saturated carbocycles. The molecule has 8 atom stereocenters. The van der Waals surface area contributed by atoms with Crippen molar-refractivity contribution in [2.45, 2.75) is 107 Å². The summed E-state index contributed by atoms with van der Waals surface area (Å²) in [4.78, 5) is 15.8. The molecule has 2 aliphatic carbocycles. The topological polar surface area (TPSA) is 70.9 Å². The van der Waals surface area contributed by atoms with Crippen LogP contribution in [0, 0.1) is 17.8 Å². The third-order valence-electron chi connectivity index (χ3n) is 8.20. The molecule has 5 nitrogen and oxygen atoms in total. The number of nitrogens with one attached hydrogen (secondary N) is 1. The van der Waals surface area contributed by atoms with Gasteiger partial charge in [0.15, 0.2) is 0 Å². The zero-order valence-corrected chi connectivity index (χ0v) is 18.8. The van der Waals surface area contributed by atoms with E-state index < -0.39 is 11.2 Å². The maximum absolute atomic E-state index is 11.4. The lowest BCUT2D eigenvalue weighted by atomic mass is 9.51. The van der Waals surface area contributed by atoms with Gasteiger partial charge in [0.1, 0.15) is 0 Å². The van der Waals surface area contributed by atoms with Crippen molar-refractivity contribution in [1.82, 2.24) is 5.32 Å². The number of nitrogens with zero attached hydrogens (tertiary/aromatic N) is 1. The van der Waals surface area contributed by atoms with Crippen LogP contribution in [0.15, 0.2) is 4.99 Å². The number of aliphatic hydroxyl groups is 1. The van der Waals surface area contributed by atoms with E-state index in [4.69, 9.17) is 16.3 Å². The number of alkyl halides is 1. The first-order chi connectivity index (χ1) is 12.9. The maximum Gasteiger partial charge on any atom is 0.207 e. The highest BCUT2D eigenvalue weighted by Crippen LogP contribution is 2.57. The summed E-state index contributed by atoms with van der Waals surface area (Å²) >= 11 is 6.56. The van der Waals surface area contributed by atoms with Gasteiger partial charge in [-0.1, -0.05) is 0 Å². The lowest BCUT2D eigenvalue weighted by Gasteiger charge is -2.61. The van der Waals surface area contributed by atoms with Gasteiger partial charge < -0.3 is 15.2 Å². The molecule has 3 fully saturated rings. The normalized spacial score (nSPS) is 51.0. The van der Waals surface area contributed by atoms with Gasteiger partial charge in [-0.25, -0.2) is 0 Å². The maximum atomic E-state index is 11.4. The van der Waals surface area contributed by atoms with Gasteiger partial charge in [0.2, 0.25) is 6.41 Å². The fourth-order valence-electron chi connectivity index (χ4n) is 6.58. The number of rotatable bonds is 4. The zero-order valence-electron chi connectivity index (χ0n) is 18.0. The molecule has 0 spiro atoms. The van der Waals surface area contributed by atoms with Gasteiger partial charge in [0.25, 0.3) is 0 Å². The van der Waals surface area contributed by atoms with Crippen LogP contribution in [0.1, 0.15) is 73.1 Å². The van der Waals surface area contributed by atoms with Crippen LogP contribution in [-0.4, -0.2) is 52.0 Å². The van der Waals surface area contributed by atoms with Gasteiger partial charge in [-0.2, -0.15) is 0 Å². The Bertz CT molecular complexity index is 625. The van der Waals surface area contributed by atoms with Gasteiger partial charge in [-0.05, 0) is 97.6 Å². The van der Waals surface area contributed by atoms with E-state index in [1.54, 1.807) is 0 Å². The highest BCUT2D eigenvalue weighted by molar-refractivity contribution is 6.21. The summed E-state index contributed by atoms with van der Waals surface area (Å²) in [6, 6.07) is -0.276. The molecule has 0 radical (unpaired) electrons. The van der Waals surface area contributed by atoms with Crippen LogP contribution in [0.3, 0.4) is 0 Å². The van der Waals surface area contributed by atoms with E-state index in [1.165, 1.54) is 0 Å². The fraction of sp³-hybridized carbons (Fsp3) is 0.909. The van der Waals surface area contributed by atoms with Crippen molar-refractivity contribution < 1.29 is 14.6 Å². The Morgan fingerprint density at radius 3 is 2.32 bits per heavy atom. The van der Waals surface area contributed by atoms with Crippen LogP contribution < -0.4 is 5.32 Å². The summed E-state index contributed by atoms with van der Waals surface area (Å²) < 4.78 is 6.69. The average molecular weight is 413 g/mol. The quantitative estimate of drug-likeness (QED) is 0.420. The third kappa shape index (κ3) is 3.52. The molecule has 1 amide bonds. The van der Waals surface area contributed by atoms with Gasteiger partial charge >= 0.3 is 0 Å². The first-order valence-corrected chi connectivity index (χ1v) is 11.1. The minimum absolute atomic E-state index is 0.00949. The molecule has 0 aromatic rings. The van der Waals surface area contributed by atoms with Crippen LogP contribution in [0.25, 0.3) is 0 Å². The molecule has 0 aromatic heterocycles. The van der Waals surface area contributed by atoms with E-state index in [-0.39, 0.29) is 40.3 Å². The second kappa shape index (κ2) is 7.24. The van der Waals surface area contributed by atoms with E-state index in [0.717, 1.165) is 38.5 Å². The summed E-state index contributed by atoms with van der Waals surface area (Å²) in [7, 11) is 0. The molecular formula is C22H37ClN2O3. The molecule has 1 saturated heterocycles. The number of carbonyl (C=O) groups excluding carboxylic acids is 1. The van der Waals surface area contributed by atoms with Crippen LogP contribution in [-0.2, 0) is 9.53 Å². The largest absolute Gasteiger partial charge is 0.388 e. The second-order valence-corrected chi connectivity index (χ2v) is 11.1. The molecule has 160 valence electrons. The molecule has 0 unspecified atom stereocenters. The standard InChI is InChI=1S/C22H37ClN2O3/c1-19(2)16(23)9-12-22(5,28-19)15-7-10-20(3,25-13-26)14-8-11-21(4,27)18(24-6)17(14)15/h13-18,27H,6-12H2,1-5H3,(H,25,26)/t14-,15-,16+,17-,18+,20-,21+,22+/m0/s1. The number of halogens is 1. The van der Waals surface area contributed by atoms with Crippen LogP contribution in [0.2, 0.25) is 0 Å². The van der Waals surface area contributed by atoms with E-state index in [1.807, 2.05) is 6.92 Å². The lowest BCUT2D eigenvalue weighted by Crippen LogP contribution is -2.67. The number of hydrogen-bond acceptors (Lipinski definition) is 4. The second-order valence-electron chi connectivity index (χ2n) is 10.6. The third-order valence-corrected chi connectivity index (χ3v) is 8.94. The molecule has 1 heterocycles. The smallest absolute Gasteiger partial charge is 0.207 e. The summed E-state index contributed by atoms with van der Waals surface area (Å²) in [5.41, 5.74) is -1.93. The Hall–Kier alpha value is -0.650. The van der Waals surface area contributed by atoms with Crippen molar-refractivity contribution >= 4 is 24.7 Å². The minimum atomic E-state index is -0.893. The molecule has 0 bridgehead atoms. The predicted molar refractivity (Wildman–Crippen MR) is 113 cm³/mol. The van der Waals surface area contributed by atoms with E-state index in [2.05, 4.69) is 44.7 Å². The molecule has 3 rings (SSSR count). The van der Waals surface area contributed by atoms with Gasteiger partial charge in [-0.15, -0.1) is 11.6 Å².